The minimum Gasteiger partial charge on any atom is -0.363 e. The van der Waals surface area contributed by atoms with E-state index in [0.29, 0.717) is 5.95 Å². The number of hydrogen-bond acceptors (Lipinski definition) is 5. The zero-order valence-corrected chi connectivity index (χ0v) is 14.7. The average Bonchev–Trinajstić information content (AvgIpc) is 2.64. The number of benzene rings is 2. The van der Waals surface area contributed by atoms with Gasteiger partial charge in [-0.3, -0.25) is 4.79 Å². The molecule has 0 aliphatic heterocycles. The molecular formula is C20H21N5O. The van der Waals surface area contributed by atoms with E-state index < -0.39 is 0 Å². The normalized spacial score (nSPS) is 11.5. The van der Waals surface area contributed by atoms with Crippen LogP contribution in [0.4, 0.5) is 23.1 Å². The molecule has 1 aromatic heterocycles. The molecule has 1 atom stereocenters. The second-order valence-corrected chi connectivity index (χ2v) is 5.93. The Hall–Kier alpha value is -3.41. The molecule has 1 amide bonds. The second-order valence-electron chi connectivity index (χ2n) is 5.93. The molecule has 1 unspecified atom stereocenters. The van der Waals surface area contributed by atoms with E-state index >= 15 is 0 Å². The lowest BCUT2D eigenvalue weighted by atomic mass is 10.1. The van der Waals surface area contributed by atoms with Crippen LogP contribution in [0.3, 0.4) is 0 Å². The van der Waals surface area contributed by atoms with Gasteiger partial charge in [-0.15, -0.1) is 0 Å². The third-order valence-electron chi connectivity index (χ3n) is 3.78. The summed E-state index contributed by atoms with van der Waals surface area (Å²) in [4.78, 5) is 19.8. The van der Waals surface area contributed by atoms with E-state index in [9.17, 15) is 4.79 Å². The Balaban J connectivity index is 1.66. The first-order valence-electron chi connectivity index (χ1n) is 8.39. The van der Waals surface area contributed by atoms with Crippen LogP contribution in [0.2, 0.25) is 0 Å². The molecule has 2 aromatic carbocycles. The first kappa shape index (κ1) is 17.4. The standard InChI is InChI=1S/C20H21N5O/c1-14(16-6-4-3-5-7-16)22-19-12-13-21-20(25-19)24-18-10-8-17(9-11-18)23-15(2)26/h3-14H,1-2H3,(H,23,26)(H2,21,22,24,25). The van der Waals surface area contributed by atoms with E-state index in [-0.39, 0.29) is 11.9 Å². The predicted molar refractivity (Wildman–Crippen MR) is 105 cm³/mol. The molecule has 26 heavy (non-hydrogen) atoms. The molecular weight excluding hydrogens is 326 g/mol. The van der Waals surface area contributed by atoms with Crippen LogP contribution in [0.5, 0.6) is 0 Å². The quantitative estimate of drug-likeness (QED) is 0.618. The number of amides is 1. The van der Waals surface area contributed by atoms with Crippen molar-refractivity contribution in [2.45, 2.75) is 19.9 Å². The third kappa shape index (κ3) is 4.80. The molecule has 0 fully saturated rings. The van der Waals surface area contributed by atoms with Gasteiger partial charge in [0.05, 0.1) is 0 Å². The maximum Gasteiger partial charge on any atom is 0.229 e. The number of nitrogens with zero attached hydrogens (tertiary/aromatic N) is 2. The molecule has 3 N–H and O–H groups in total. The number of rotatable bonds is 6. The molecule has 0 saturated heterocycles. The number of carbonyl (C=O) groups excluding carboxylic acids is 1. The lowest BCUT2D eigenvalue weighted by molar-refractivity contribution is -0.114. The van der Waals surface area contributed by atoms with Gasteiger partial charge in [-0.05, 0) is 42.8 Å². The van der Waals surface area contributed by atoms with E-state index in [4.69, 9.17) is 0 Å². The minimum atomic E-state index is -0.0969. The Morgan fingerprint density at radius 1 is 0.962 bits per heavy atom. The number of nitrogens with one attached hydrogen (secondary N) is 3. The largest absolute Gasteiger partial charge is 0.363 e. The van der Waals surface area contributed by atoms with Gasteiger partial charge in [0.2, 0.25) is 11.9 Å². The van der Waals surface area contributed by atoms with E-state index in [2.05, 4.69) is 45.0 Å². The van der Waals surface area contributed by atoms with Crippen LogP contribution in [-0.2, 0) is 4.79 Å². The molecule has 6 nitrogen and oxygen atoms in total. The SMILES string of the molecule is CC(=O)Nc1ccc(Nc2nccc(NC(C)c3ccccc3)n2)cc1. The van der Waals surface area contributed by atoms with Crippen LogP contribution >= 0.6 is 0 Å². The Labute approximate surface area is 152 Å². The fourth-order valence-electron chi connectivity index (χ4n) is 2.52. The maximum absolute atomic E-state index is 11.1. The van der Waals surface area contributed by atoms with Gasteiger partial charge in [0.1, 0.15) is 5.82 Å². The van der Waals surface area contributed by atoms with Crippen LogP contribution < -0.4 is 16.0 Å². The van der Waals surface area contributed by atoms with Gasteiger partial charge in [-0.2, -0.15) is 4.98 Å². The van der Waals surface area contributed by atoms with Crippen molar-refractivity contribution in [1.82, 2.24) is 9.97 Å². The molecule has 6 heteroatoms. The minimum absolute atomic E-state index is 0.0969. The summed E-state index contributed by atoms with van der Waals surface area (Å²) in [5, 5.41) is 9.27. The summed E-state index contributed by atoms with van der Waals surface area (Å²) in [7, 11) is 0. The molecule has 1 heterocycles. The summed E-state index contributed by atoms with van der Waals surface area (Å²) in [6.45, 7) is 3.57. The van der Waals surface area contributed by atoms with Crippen LogP contribution in [0.25, 0.3) is 0 Å². The third-order valence-corrected chi connectivity index (χ3v) is 3.78. The summed E-state index contributed by atoms with van der Waals surface area (Å²) >= 11 is 0. The predicted octanol–water partition coefficient (Wildman–Crippen LogP) is 4.35. The van der Waals surface area contributed by atoms with Gasteiger partial charge in [-0.1, -0.05) is 30.3 Å². The smallest absolute Gasteiger partial charge is 0.229 e. The van der Waals surface area contributed by atoms with Crippen molar-refractivity contribution < 1.29 is 4.79 Å². The molecule has 0 bridgehead atoms. The van der Waals surface area contributed by atoms with Crippen LogP contribution in [0.1, 0.15) is 25.5 Å². The first-order chi connectivity index (χ1) is 12.6. The molecule has 0 spiro atoms. The highest BCUT2D eigenvalue weighted by Gasteiger charge is 2.07. The fraction of sp³-hybridized carbons (Fsp3) is 0.150. The monoisotopic (exact) mass is 347 g/mol. The highest BCUT2D eigenvalue weighted by molar-refractivity contribution is 5.88. The van der Waals surface area contributed by atoms with Crippen molar-refractivity contribution in [2.75, 3.05) is 16.0 Å². The summed E-state index contributed by atoms with van der Waals surface area (Å²) < 4.78 is 0. The lowest BCUT2D eigenvalue weighted by Crippen LogP contribution is -2.09. The fourth-order valence-corrected chi connectivity index (χ4v) is 2.52. The van der Waals surface area contributed by atoms with Gasteiger partial charge in [0, 0.05) is 30.5 Å². The lowest BCUT2D eigenvalue weighted by Gasteiger charge is -2.15. The van der Waals surface area contributed by atoms with Crippen molar-refractivity contribution in [3.05, 3.63) is 72.4 Å². The number of aromatic nitrogens is 2. The highest BCUT2D eigenvalue weighted by atomic mass is 16.1. The summed E-state index contributed by atoms with van der Waals surface area (Å²) in [6, 6.07) is 19.5. The second kappa shape index (κ2) is 8.11. The first-order valence-corrected chi connectivity index (χ1v) is 8.39. The van der Waals surface area contributed by atoms with Crippen molar-refractivity contribution in [3.63, 3.8) is 0 Å². The number of carbonyl (C=O) groups is 1. The van der Waals surface area contributed by atoms with Gasteiger partial charge in [0.25, 0.3) is 0 Å². The van der Waals surface area contributed by atoms with E-state index in [0.717, 1.165) is 17.2 Å². The Kier molecular flexibility index (Phi) is 5.43. The topological polar surface area (TPSA) is 78.9 Å². The van der Waals surface area contributed by atoms with Crippen molar-refractivity contribution in [1.29, 1.82) is 0 Å². The molecule has 0 saturated carbocycles. The molecule has 0 radical (unpaired) electrons. The van der Waals surface area contributed by atoms with Gasteiger partial charge in [0.15, 0.2) is 0 Å². The van der Waals surface area contributed by atoms with E-state index in [1.165, 1.54) is 12.5 Å². The molecule has 0 aliphatic carbocycles. The zero-order chi connectivity index (χ0) is 18.4. The molecule has 3 rings (SSSR count). The summed E-state index contributed by atoms with van der Waals surface area (Å²) in [6.07, 6.45) is 1.71. The van der Waals surface area contributed by atoms with Crippen LogP contribution in [0.15, 0.2) is 66.9 Å². The number of hydrogen-bond donors (Lipinski definition) is 3. The van der Waals surface area contributed by atoms with Crippen molar-refractivity contribution >= 4 is 29.0 Å². The summed E-state index contributed by atoms with van der Waals surface area (Å²) in [5.74, 6) is 1.15. The van der Waals surface area contributed by atoms with Gasteiger partial charge < -0.3 is 16.0 Å². The summed E-state index contributed by atoms with van der Waals surface area (Å²) in [5.41, 5.74) is 2.78. The highest BCUT2D eigenvalue weighted by Crippen LogP contribution is 2.20. The van der Waals surface area contributed by atoms with E-state index in [1.807, 2.05) is 48.5 Å². The number of anilines is 4. The molecule has 0 aliphatic rings. The maximum atomic E-state index is 11.1. The average molecular weight is 347 g/mol. The van der Waals surface area contributed by atoms with Crippen LogP contribution in [-0.4, -0.2) is 15.9 Å². The van der Waals surface area contributed by atoms with E-state index in [1.54, 1.807) is 6.20 Å². The van der Waals surface area contributed by atoms with Crippen molar-refractivity contribution in [3.8, 4) is 0 Å². The van der Waals surface area contributed by atoms with Gasteiger partial charge >= 0.3 is 0 Å². The Morgan fingerprint density at radius 3 is 2.35 bits per heavy atom. The Bertz CT molecular complexity index is 865. The molecule has 132 valence electrons. The molecule has 3 aromatic rings. The Morgan fingerprint density at radius 2 is 1.65 bits per heavy atom. The van der Waals surface area contributed by atoms with Crippen LogP contribution in [0, 0.1) is 0 Å². The van der Waals surface area contributed by atoms with Gasteiger partial charge in [-0.25, -0.2) is 4.98 Å². The zero-order valence-electron chi connectivity index (χ0n) is 14.7. The van der Waals surface area contributed by atoms with Crippen molar-refractivity contribution in [2.24, 2.45) is 0 Å².